The Balaban J connectivity index is 2.16. The second kappa shape index (κ2) is 5.92. The van der Waals surface area contributed by atoms with E-state index in [2.05, 4.69) is 12.2 Å². The fourth-order valence-electron chi connectivity index (χ4n) is 3.07. The lowest BCUT2D eigenvalue weighted by Gasteiger charge is -2.39. The topological polar surface area (TPSA) is 49.3 Å². The molecule has 110 valence electrons. The van der Waals surface area contributed by atoms with E-state index in [1.807, 2.05) is 0 Å². The van der Waals surface area contributed by atoms with Crippen LogP contribution in [0.1, 0.15) is 48.5 Å². The standard InChI is InChI=1S/C16H22FNO2/c1-11-5-6-13(14(17)8-11)15(20)18-16(10-19)7-3-4-12(2)9-16/h5-6,8,12,19H,3-4,7,9-10H2,1-2H3,(H,18,20). The second-order valence-corrected chi connectivity index (χ2v) is 6.08. The molecule has 0 aromatic heterocycles. The lowest BCUT2D eigenvalue weighted by molar-refractivity contribution is 0.0693. The van der Waals surface area contributed by atoms with Crippen LogP contribution in [0.15, 0.2) is 18.2 Å². The van der Waals surface area contributed by atoms with Crippen LogP contribution in [0, 0.1) is 18.7 Å². The van der Waals surface area contributed by atoms with Crippen molar-refractivity contribution >= 4 is 5.91 Å². The largest absolute Gasteiger partial charge is 0.394 e. The first-order valence-electron chi connectivity index (χ1n) is 7.15. The quantitative estimate of drug-likeness (QED) is 0.894. The summed E-state index contributed by atoms with van der Waals surface area (Å²) in [6.45, 7) is 3.79. The normalized spacial score (nSPS) is 26.3. The first-order valence-corrected chi connectivity index (χ1v) is 7.15. The lowest BCUT2D eigenvalue weighted by atomic mass is 9.76. The molecular formula is C16H22FNO2. The van der Waals surface area contributed by atoms with Gasteiger partial charge in [0.05, 0.1) is 17.7 Å². The molecule has 0 radical (unpaired) electrons. The Bertz CT molecular complexity index is 503. The maximum absolute atomic E-state index is 13.8. The number of halogens is 1. The van der Waals surface area contributed by atoms with Gasteiger partial charge in [-0.15, -0.1) is 0 Å². The zero-order valence-electron chi connectivity index (χ0n) is 12.1. The van der Waals surface area contributed by atoms with Crippen LogP contribution in [0.25, 0.3) is 0 Å². The Kier molecular flexibility index (Phi) is 4.43. The van der Waals surface area contributed by atoms with Crippen molar-refractivity contribution in [1.82, 2.24) is 5.32 Å². The molecule has 0 heterocycles. The minimum absolute atomic E-state index is 0.0432. The van der Waals surface area contributed by atoms with E-state index >= 15 is 0 Å². The molecule has 1 aromatic rings. The third kappa shape index (κ3) is 3.18. The third-order valence-electron chi connectivity index (χ3n) is 4.14. The van der Waals surface area contributed by atoms with Crippen LogP contribution >= 0.6 is 0 Å². The Hall–Kier alpha value is -1.42. The van der Waals surface area contributed by atoms with Gasteiger partial charge in [-0.2, -0.15) is 0 Å². The molecule has 2 atom stereocenters. The van der Waals surface area contributed by atoms with Gasteiger partial charge in [-0.05, 0) is 43.4 Å². The smallest absolute Gasteiger partial charge is 0.254 e. The van der Waals surface area contributed by atoms with E-state index in [-0.39, 0.29) is 12.2 Å². The van der Waals surface area contributed by atoms with Crippen LogP contribution in [0.3, 0.4) is 0 Å². The first kappa shape index (κ1) is 15.0. The average Bonchev–Trinajstić information content (AvgIpc) is 2.38. The maximum Gasteiger partial charge on any atom is 0.254 e. The molecule has 0 aliphatic heterocycles. The maximum atomic E-state index is 13.8. The molecule has 0 bridgehead atoms. The molecular weight excluding hydrogens is 257 g/mol. The zero-order chi connectivity index (χ0) is 14.8. The first-order chi connectivity index (χ1) is 9.46. The average molecular weight is 279 g/mol. The van der Waals surface area contributed by atoms with E-state index in [4.69, 9.17) is 0 Å². The van der Waals surface area contributed by atoms with E-state index in [0.29, 0.717) is 5.92 Å². The van der Waals surface area contributed by atoms with Gasteiger partial charge in [0.2, 0.25) is 0 Å². The number of hydrogen-bond donors (Lipinski definition) is 2. The third-order valence-corrected chi connectivity index (χ3v) is 4.14. The van der Waals surface area contributed by atoms with Gasteiger partial charge in [0.1, 0.15) is 5.82 Å². The van der Waals surface area contributed by atoms with Gasteiger partial charge in [0, 0.05) is 0 Å². The summed E-state index contributed by atoms with van der Waals surface area (Å²) < 4.78 is 13.8. The fourth-order valence-corrected chi connectivity index (χ4v) is 3.07. The molecule has 4 heteroatoms. The van der Waals surface area contributed by atoms with Crippen molar-refractivity contribution in [3.8, 4) is 0 Å². The van der Waals surface area contributed by atoms with E-state index in [1.165, 1.54) is 12.1 Å². The summed E-state index contributed by atoms with van der Waals surface area (Å²) in [5.41, 5.74) is 0.218. The van der Waals surface area contributed by atoms with E-state index < -0.39 is 17.3 Å². The van der Waals surface area contributed by atoms with Gasteiger partial charge in [-0.1, -0.05) is 25.8 Å². The van der Waals surface area contributed by atoms with Crippen LogP contribution < -0.4 is 5.32 Å². The molecule has 2 unspecified atom stereocenters. The molecule has 1 saturated carbocycles. The number of carbonyl (C=O) groups excluding carboxylic acids is 1. The van der Waals surface area contributed by atoms with Crippen LogP contribution in [0.2, 0.25) is 0 Å². The minimum Gasteiger partial charge on any atom is -0.394 e. The number of amides is 1. The van der Waals surface area contributed by atoms with Gasteiger partial charge in [0.25, 0.3) is 5.91 Å². The van der Waals surface area contributed by atoms with Crippen LogP contribution in [0.4, 0.5) is 4.39 Å². The van der Waals surface area contributed by atoms with E-state index in [0.717, 1.165) is 31.2 Å². The van der Waals surface area contributed by atoms with Gasteiger partial charge in [0.15, 0.2) is 0 Å². The summed E-state index contributed by atoms with van der Waals surface area (Å²) >= 11 is 0. The van der Waals surface area contributed by atoms with Crippen LogP contribution in [0.5, 0.6) is 0 Å². The number of aryl methyl sites for hydroxylation is 1. The molecule has 0 saturated heterocycles. The highest BCUT2D eigenvalue weighted by Crippen LogP contribution is 2.32. The molecule has 20 heavy (non-hydrogen) atoms. The molecule has 3 nitrogen and oxygen atoms in total. The molecule has 1 aromatic carbocycles. The molecule has 1 aliphatic rings. The number of aliphatic hydroxyl groups is 1. The van der Waals surface area contributed by atoms with Crippen molar-refractivity contribution in [1.29, 1.82) is 0 Å². The van der Waals surface area contributed by atoms with Crippen molar-refractivity contribution < 1.29 is 14.3 Å². The number of aliphatic hydroxyl groups excluding tert-OH is 1. The Morgan fingerprint density at radius 3 is 2.90 bits per heavy atom. The highest BCUT2D eigenvalue weighted by molar-refractivity contribution is 5.95. The van der Waals surface area contributed by atoms with Gasteiger partial charge in [-0.3, -0.25) is 4.79 Å². The fraction of sp³-hybridized carbons (Fsp3) is 0.562. The summed E-state index contributed by atoms with van der Waals surface area (Å²) in [6, 6.07) is 4.56. The summed E-state index contributed by atoms with van der Waals surface area (Å²) in [5.74, 6) is -0.496. The minimum atomic E-state index is -0.605. The van der Waals surface area contributed by atoms with E-state index in [1.54, 1.807) is 13.0 Å². The Morgan fingerprint density at radius 1 is 1.55 bits per heavy atom. The SMILES string of the molecule is Cc1ccc(C(=O)NC2(CO)CCCC(C)C2)c(F)c1. The van der Waals surface area contributed by atoms with Gasteiger partial charge in [-0.25, -0.2) is 4.39 Å². The van der Waals surface area contributed by atoms with Crippen molar-refractivity contribution in [2.24, 2.45) is 5.92 Å². The summed E-state index contributed by atoms with van der Waals surface area (Å²) in [4.78, 5) is 12.3. The number of rotatable bonds is 3. The molecule has 1 aliphatic carbocycles. The van der Waals surface area contributed by atoms with Crippen molar-refractivity contribution in [2.45, 2.75) is 45.1 Å². The van der Waals surface area contributed by atoms with Crippen LogP contribution in [-0.4, -0.2) is 23.2 Å². The van der Waals surface area contributed by atoms with Gasteiger partial charge >= 0.3 is 0 Å². The predicted octanol–water partition coefficient (Wildman–Crippen LogP) is 2.81. The van der Waals surface area contributed by atoms with E-state index in [9.17, 15) is 14.3 Å². The summed E-state index contributed by atoms with van der Waals surface area (Å²) in [7, 11) is 0. The number of benzene rings is 1. The Morgan fingerprint density at radius 2 is 2.30 bits per heavy atom. The molecule has 2 N–H and O–H groups in total. The summed E-state index contributed by atoms with van der Waals surface area (Å²) in [5, 5.41) is 12.5. The monoisotopic (exact) mass is 279 g/mol. The zero-order valence-corrected chi connectivity index (χ0v) is 12.1. The van der Waals surface area contributed by atoms with Crippen molar-refractivity contribution in [3.63, 3.8) is 0 Å². The van der Waals surface area contributed by atoms with Crippen LogP contribution in [-0.2, 0) is 0 Å². The van der Waals surface area contributed by atoms with Crippen molar-refractivity contribution in [3.05, 3.63) is 35.1 Å². The number of nitrogens with one attached hydrogen (secondary N) is 1. The summed E-state index contributed by atoms with van der Waals surface area (Å²) in [6.07, 6.45) is 3.56. The molecule has 2 rings (SSSR count). The highest BCUT2D eigenvalue weighted by atomic mass is 19.1. The Labute approximate surface area is 119 Å². The molecule has 0 spiro atoms. The highest BCUT2D eigenvalue weighted by Gasteiger charge is 2.36. The predicted molar refractivity (Wildman–Crippen MR) is 76.1 cm³/mol. The second-order valence-electron chi connectivity index (χ2n) is 6.08. The number of hydrogen-bond acceptors (Lipinski definition) is 2. The lowest BCUT2D eigenvalue weighted by Crippen LogP contribution is -2.54. The van der Waals surface area contributed by atoms with Gasteiger partial charge < -0.3 is 10.4 Å². The molecule has 1 fully saturated rings. The number of carbonyl (C=O) groups is 1. The van der Waals surface area contributed by atoms with Crippen molar-refractivity contribution in [2.75, 3.05) is 6.61 Å². The molecule has 1 amide bonds.